The lowest BCUT2D eigenvalue weighted by atomic mass is 9.74. The molecule has 1 saturated carbocycles. The number of amides is 2. The van der Waals surface area contributed by atoms with Gasteiger partial charge in [-0.1, -0.05) is 0 Å². The Kier molecular flexibility index (Phi) is 4.47. The van der Waals surface area contributed by atoms with Gasteiger partial charge in [-0.25, -0.2) is 18.4 Å². The first-order chi connectivity index (χ1) is 10.4. The monoisotopic (exact) mass is 334 g/mol. The number of ether oxygens (including phenoxy) is 1. The van der Waals surface area contributed by atoms with E-state index in [4.69, 9.17) is 9.84 Å². The molecule has 0 unspecified atom stereocenters. The summed E-state index contributed by atoms with van der Waals surface area (Å²) in [4.78, 5) is 24.2. The number of nitrogens with one attached hydrogen (secondary N) is 1. The predicted molar refractivity (Wildman–Crippen MR) is 78.6 cm³/mol. The highest BCUT2D eigenvalue weighted by Gasteiger charge is 2.57. The maximum Gasteiger partial charge on any atom is 0.407 e. The molecular weight excluding hydrogens is 310 g/mol. The van der Waals surface area contributed by atoms with Crippen LogP contribution in [-0.4, -0.2) is 52.8 Å². The van der Waals surface area contributed by atoms with E-state index in [0.717, 1.165) is 0 Å². The number of halogens is 2. The zero-order valence-electron chi connectivity index (χ0n) is 13.7. The van der Waals surface area contributed by atoms with Crippen molar-refractivity contribution in [2.45, 2.75) is 64.0 Å². The fourth-order valence-corrected chi connectivity index (χ4v) is 3.55. The smallest absolute Gasteiger partial charge is 0.407 e. The van der Waals surface area contributed by atoms with E-state index in [1.165, 1.54) is 4.90 Å². The summed E-state index contributed by atoms with van der Waals surface area (Å²) in [5.41, 5.74) is -1.47. The Balaban J connectivity index is 2.08. The Bertz CT molecular complexity index is 482. The molecule has 0 aromatic carbocycles. The molecule has 0 radical (unpaired) electrons. The van der Waals surface area contributed by atoms with E-state index in [9.17, 15) is 18.4 Å². The second kappa shape index (κ2) is 5.79. The number of hydrogen-bond donors (Lipinski definition) is 2. The van der Waals surface area contributed by atoms with Crippen molar-refractivity contribution >= 4 is 12.2 Å². The van der Waals surface area contributed by atoms with E-state index in [1.54, 1.807) is 20.8 Å². The molecular formula is C15H24F2N2O4. The summed E-state index contributed by atoms with van der Waals surface area (Å²) in [6.45, 7) is 5.53. The van der Waals surface area contributed by atoms with Gasteiger partial charge >= 0.3 is 12.2 Å². The predicted octanol–water partition coefficient (Wildman–Crippen LogP) is 3.07. The van der Waals surface area contributed by atoms with E-state index < -0.39 is 41.6 Å². The van der Waals surface area contributed by atoms with Crippen molar-refractivity contribution in [1.29, 1.82) is 0 Å². The number of likely N-dealkylation sites (tertiary alicyclic amines) is 1. The molecule has 1 saturated heterocycles. The van der Waals surface area contributed by atoms with Gasteiger partial charge in [0.2, 0.25) is 0 Å². The third-order valence-corrected chi connectivity index (χ3v) is 4.57. The Morgan fingerprint density at radius 1 is 1.26 bits per heavy atom. The van der Waals surface area contributed by atoms with Crippen molar-refractivity contribution in [3.63, 3.8) is 0 Å². The van der Waals surface area contributed by atoms with Gasteiger partial charge in [0.15, 0.2) is 0 Å². The number of carboxylic acid groups (broad SMARTS) is 1. The fraction of sp³-hybridized carbons (Fsp3) is 0.867. The zero-order chi connectivity index (χ0) is 17.5. The lowest BCUT2D eigenvalue weighted by molar-refractivity contribution is -0.0124. The number of carbonyl (C=O) groups excluding carboxylic acids is 1. The molecule has 6 nitrogen and oxygen atoms in total. The molecule has 0 bridgehead atoms. The van der Waals surface area contributed by atoms with Crippen LogP contribution < -0.4 is 5.32 Å². The van der Waals surface area contributed by atoms with Crippen molar-refractivity contribution in [2.75, 3.05) is 13.1 Å². The third kappa shape index (κ3) is 4.23. The van der Waals surface area contributed by atoms with Crippen LogP contribution in [0.15, 0.2) is 0 Å². The van der Waals surface area contributed by atoms with Crippen LogP contribution in [0.2, 0.25) is 0 Å². The minimum atomic E-state index is -2.86. The number of nitrogens with zero attached hydrogens (tertiary/aromatic N) is 1. The summed E-state index contributed by atoms with van der Waals surface area (Å²) in [6, 6.07) is -0.705. The van der Waals surface area contributed by atoms with Gasteiger partial charge in [-0.05, 0) is 39.0 Å². The molecule has 1 spiro atoms. The SMILES string of the molecule is CC(C)(C)OC(=O)N[C@@H]1CC(F)(F)CC12CCN(C(=O)O)CC2. The highest BCUT2D eigenvalue weighted by atomic mass is 19.3. The largest absolute Gasteiger partial charge is 0.465 e. The molecule has 2 amide bonds. The fourth-order valence-electron chi connectivity index (χ4n) is 3.55. The van der Waals surface area contributed by atoms with E-state index in [0.29, 0.717) is 12.8 Å². The van der Waals surface area contributed by atoms with Crippen molar-refractivity contribution in [2.24, 2.45) is 5.41 Å². The summed E-state index contributed by atoms with van der Waals surface area (Å²) in [5.74, 6) is -2.86. The molecule has 23 heavy (non-hydrogen) atoms. The molecule has 132 valence electrons. The molecule has 8 heteroatoms. The minimum Gasteiger partial charge on any atom is -0.465 e. The topological polar surface area (TPSA) is 78.9 Å². The van der Waals surface area contributed by atoms with Crippen LogP contribution in [0.4, 0.5) is 18.4 Å². The Labute approximate surface area is 134 Å². The van der Waals surface area contributed by atoms with Gasteiger partial charge < -0.3 is 20.1 Å². The van der Waals surface area contributed by atoms with E-state index >= 15 is 0 Å². The molecule has 0 aromatic rings. The van der Waals surface area contributed by atoms with E-state index in [1.807, 2.05) is 0 Å². The maximum absolute atomic E-state index is 13.9. The number of alkyl carbamates (subject to hydrolysis) is 1. The highest BCUT2D eigenvalue weighted by molar-refractivity contribution is 5.68. The van der Waals surface area contributed by atoms with Gasteiger partial charge in [-0.2, -0.15) is 0 Å². The van der Waals surface area contributed by atoms with Gasteiger partial charge in [0.1, 0.15) is 5.60 Å². The minimum absolute atomic E-state index is 0.206. The molecule has 1 atom stereocenters. The number of rotatable bonds is 1. The summed E-state index contributed by atoms with van der Waals surface area (Å²) in [7, 11) is 0. The van der Waals surface area contributed by atoms with Crippen LogP contribution in [-0.2, 0) is 4.74 Å². The molecule has 2 rings (SSSR count). The Morgan fingerprint density at radius 2 is 1.83 bits per heavy atom. The Hall–Kier alpha value is -1.60. The first-order valence-electron chi connectivity index (χ1n) is 7.78. The number of hydrogen-bond acceptors (Lipinski definition) is 3. The van der Waals surface area contributed by atoms with Crippen LogP contribution >= 0.6 is 0 Å². The quantitative estimate of drug-likeness (QED) is 0.772. The molecule has 1 aliphatic carbocycles. The Morgan fingerprint density at radius 3 is 2.30 bits per heavy atom. The van der Waals surface area contributed by atoms with Crippen molar-refractivity contribution in [3.8, 4) is 0 Å². The van der Waals surface area contributed by atoms with Crippen molar-refractivity contribution in [1.82, 2.24) is 10.2 Å². The number of carbonyl (C=O) groups is 2. The van der Waals surface area contributed by atoms with Gasteiger partial charge in [0, 0.05) is 32.0 Å². The van der Waals surface area contributed by atoms with Crippen LogP contribution in [0.25, 0.3) is 0 Å². The van der Waals surface area contributed by atoms with Crippen LogP contribution in [0.1, 0.15) is 46.5 Å². The zero-order valence-corrected chi connectivity index (χ0v) is 13.7. The average Bonchev–Trinajstić information content (AvgIpc) is 2.58. The van der Waals surface area contributed by atoms with Crippen LogP contribution in [0.3, 0.4) is 0 Å². The summed E-state index contributed by atoms with van der Waals surface area (Å²) in [6.07, 6.45) is -1.88. The lowest BCUT2D eigenvalue weighted by Crippen LogP contribution is -2.51. The average molecular weight is 334 g/mol. The van der Waals surface area contributed by atoms with Crippen molar-refractivity contribution < 1.29 is 28.2 Å². The van der Waals surface area contributed by atoms with E-state index in [2.05, 4.69) is 5.32 Å². The maximum atomic E-state index is 13.9. The van der Waals surface area contributed by atoms with Crippen LogP contribution in [0, 0.1) is 5.41 Å². The normalized spacial score (nSPS) is 26.1. The number of alkyl halides is 2. The second-order valence-corrected chi connectivity index (χ2v) is 7.57. The molecule has 1 aliphatic heterocycles. The van der Waals surface area contributed by atoms with Gasteiger partial charge in [0.25, 0.3) is 5.92 Å². The standard InChI is InChI=1S/C15H24F2N2O4/c1-13(2,3)23-11(20)18-10-8-15(16,17)9-14(10)4-6-19(7-5-14)12(21)22/h10H,4-9H2,1-3H3,(H,18,20)(H,21,22)/t10-/m1/s1. The first kappa shape index (κ1) is 17.7. The van der Waals surface area contributed by atoms with Gasteiger partial charge in [-0.15, -0.1) is 0 Å². The third-order valence-electron chi connectivity index (χ3n) is 4.57. The first-order valence-corrected chi connectivity index (χ1v) is 7.78. The van der Waals surface area contributed by atoms with E-state index in [-0.39, 0.29) is 19.5 Å². The lowest BCUT2D eigenvalue weighted by Gasteiger charge is -2.42. The summed E-state index contributed by atoms with van der Waals surface area (Å²) < 4.78 is 33.1. The van der Waals surface area contributed by atoms with Crippen molar-refractivity contribution in [3.05, 3.63) is 0 Å². The van der Waals surface area contributed by atoms with Crippen LogP contribution in [0.5, 0.6) is 0 Å². The number of piperidine rings is 1. The second-order valence-electron chi connectivity index (χ2n) is 7.57. The van der Waals surface area contributed by atoms with Gasteiger partial charge in [0.05, 0.1) is 0 Å². The molecule has 0 aromatic heterocycles. The molecule has 2 fully saturated rings. The molecule has 2 N–H and O–H groups in total. The molecule has 1 heterocycles. The summed E-state index contributed by atoms with van der Waals surface area (Å²) >= 11 is 0. The highest BCUT2D eigenvalue weighted by Crippen LogP contribution is 2.53. The summed E-state index contributed by atoms with van der Waals surface area (Å²) in [5, 5.41) is 11.6. The van der Waals surface area contributed by atoms with Gasteiger partial charge in [-0.3, -0.25) is 0 Å². The molecule has 2 aliphatic rings.